The van der Waals surface area contributed by atoms with E-state index in [4.69, 9.17) is 9.84 Å². The largest absolute Gasteiger partial charge is 0.391 e. The predicted molar refractivity (Wildman–Crippen MR) is 104 cm³/mol. The maximum Gasteiger partial charge on any atom is 0.391 e. The lowest BCUT2D eigenvalue weighted by Gasteiger charge is -2.33. The van der Waals surface area contributed by atoms with E-state index in [1.165, 1.54) is 0 Å². The Hall–Kier alpha value is -2.16. The molecule has 0 N–H and O–H groups in total. The van der Waals surface area contributed by atoms with E-state index < -0.39 is 12.1 Å². The number of aryl methyl sites for hydroxylation is 1. The Morgan fingerprint density at radius 1 is 1.20 bits per heavy atom. The fourth-order valence-corrected chi connectivity index (χ4v) is 4.64. The minimum absolute atomic E-state index is 0.000227. The van der Waals surface area contributed by atoms with Crippen LogP contribution in [0.15, 0.2) is 6.07 Å². The zero-order valence-corrected chi connectivity index (χ0v) is 17.5. The molecule has 0 bridgehead atoms. The number of amides is 1. The summed E-state index contributed by atoms with van der Waals surface area (Å²) in [4.78, 5) is 18.3. The Bertz CT molecular complexity index is 948. The number of alkyl halides is 3. The van der Waals surface area contributed by atoms with E-state index in [1.807, 2.05) is 19.9 Å². The summed E-state index contributed by atoms with van der Waals surface area (Å²) in [5.41, 5.74) is 4.12. The van der Waals surface area contributed by atoms with E-state index in [-0.39, 0.29) is 30.8 Å². The van der Waals surface area contributed by atoms with Gasteiger partial charge in [0.15, 0.2) is 5.65 Å². The highest BCUT2D eigenvalue weighted by Crippen LogP contribution is 2.43. The van der Waals surface area contributed by atoms with Crippen molar-refractivity contribution in [2.75, 3.05) is 19.7 Å². The first-order chi connectivity index (χ1) is 14.1. The number of aromatic nitrogens is 3. The quantitative estimate of drug-likeness (QED) is 0.728. The van der Waals surface area contributed by atoms with Gasteiger partial charge in [0.1, 0.15) is 6.10 Å². The minimum Gasteiger partial charge on any atom is -0.368 e. The molecule has 0 spiro atoms. The van der Waals surface area contributed by atoms with Crippen molar-refractivity contribution in [2.24, 2.45) is 5.92 Å². The van der Waals surface area contributed by atoms with Gasteiger partial charge in [-0.25, -0.2) is 9.50 Å². The molecule has 164 valence electrons. The van der Waals surface area contributed by atoms with E-state index in [1.54, 1.807) is 16.3 Å². The van der Waals surface area contributed by atoms with Crippen LogP contribution in [0.2, 0.25) is 0 Å². The van der Waals surface area contributed by atoms with Crippen LogP contribution in [0.3, 0.4) is 0 Å². The van der Waals surface area contributed by atoms with E-state index in [9.17, 15) is 18.0 Å². The number of hydrogen-bond donors (Lipinski definition) is 0. The number of hydrogen-bond acceptors (Lipinski definition) is 4. The number of ether oxygens (including phenoxy) is 1. The molecular formula is C21H27F3N4O2. The molecule has 3 heterocycles. The molecule has 2 aromatic rings. The van der Waals surface area contributed by atoms with Gasteiger partial charge in [-0.3, -0.25) is 4.79 Å². The highest BCUT2D eigenvalue weighted by molar-refractivity contribution is 5.73. The van der Waals surface area contributed by atoms with Crippen molar-refractivity contribution >= 4 is 11.6 Å². The summed E-state index contributed by atoms with van der Waals surface area (Å²) in [5.74, 6) is -1.21. The van der Waals surface area contributed by atoms with Gasteiger partial charge in [0, 0.05) is 31.1 Å². The Morgan fingerprint density at radius 2 is 1.90 bits per heavy atom. The molecule has 1 aliphatic heterocycles. The number of fused-ring (bicyclic) bond motifs is 1. The smallest absolute Gasteiger partial charge is 0.368 e. The lowest BCUT2D eigenvalue weighted by Crippen LogP contribution is -2.41. The summed E-state index contributed by atoms with van der Waals surface area (Å²) in [6.45, 7) is 6.88. The third-order valence-corrected chi connectivity index (χ3v) is 6.57. The van der Waals surface area contributed by atoms with Crippen molar-refractivity contribution in [3.05, 3.63) is 28.7 Å². The summed E-state index contributed by atoms with van der Waals surface area (Å²) in [7, 11) is 0. The SMILES string of the molecule is CC(=O)N1CCOC(c2c(C)c(C)nc3cc(C4CCC(C(F)(F)F)CC4)nn23)C1. The molecule has 4 rings (SSSR count). The Morgan fingerprint density at radius 3 is 2.53 bits per heavy atom. The van der Waals surface area contributed by atoms with Gasteiger partial charge in [0.2, 0.25) is 5.91 Å². The second-order valence-corrected chi connectivity index (χ2v) is 8.46. The number of rotatable bonds is 2. The topological polar surface area (TPSA) is 59.7 Å². The highest BCUT2D eigenvalue weighted by Gasteiger charge is 2.42. The maximum absolute atomic E-state index is 13.0. The van der Waals surface area contributed by atoms with E-state index in [0.29, 0.717) is 38.2 Å². The summed E-state index contributed by atoms with van der Waals surface area (Å²) in [6, 6.07) is 1.89. The molecule has 0 radical (unpaired) electrons. The monoisotopic (exact) mass is 424 g/mol. The molecule has 1 saturated heterocycles. The van der Waals surface area contributed by atoms with Gasteiger partial charge < -0.3 is 9.64 Å². The average Bonchev–Trinajstić information content (AvgIpc) is 3.11. The zero-order valence-electron chi connectivity index (χ0n) is 17.5. The number of halogens is 3. The molecule has 1 atom stereocenters. The summed E-state index contributed by atoms with van der Waals surface area (Å²) in [6.07, 6.45) is -3.22. The number of morpholine rings is 1. The minimum atomic E-state index is -4.12. The molecular weight excluding hydrogens is 397 g/mol. The van der Waals surface area contributed by atoms with Crippen LogP contribution in [0.4, 0.5) is 13.2 Å². The van der Waals surface area contributed by atoms with Crippen LogP contribution >= 0.6 is 0 Å². The highest BCUT2D eigenvalue weighted by atomic mass is 19.4. The number of carbonyl (C=O) groups excluding carboxylic acids is 1. The fraction of sp³-hybridized carbons (Fsp3) is 0.667. The van der Waals surface area contributed by atoms with E-state index in [2.05, 4.69) is 4.98 Å². The Balaban J connectivity index is 1.65. The molecule has 2 fully saturated rings. The molecule has 0 aromatic carbocycles. The van der Waals surface area contributed by atoms with Gasteiger partial charge in [-0.15, -0.1) is 0 Å². The van der Waals surface area contributed by atoms with Gasteiger partial charge in [0.25, 0.3) is 0 Å². The van der Waals surface area contributed by atoms with E-state index in [0.717, 1.165) is 22.6 Å². The van der Waals surface area contributed by atoms with E-state index >= 15 is 0 Å². The zero-order chi connectivity index (χ0) is 21.6. The fourth-order valence-electron chi connectivity index (χ4n) is 4.64. The van der Waals surface area contributed by atoms with Crippen molar-refractivity contribution in [1.29, 1.82) is 0 Å². The molecule has 1 unspecified atom stereocenters. The first-order valence-corrected chi connectivity index (χ1v) is 10.5. The lowest BCUT2D eigenvalue weighted by atomic mass is 9.80. The van der Waals surface area contributed by atoms with Gasteiger partial charge in [-0.2, -0.15) is 18.3 Å². The van der Waals surface area contributed by atoms with Crippen LogP contribution in [0, 0.1) is 19.8 Å². The third-order valence-electron chi connectivity index (χ3n) is 6.57. The van der Waals surface area contributed by atoms with Gasteiger partial charge in [-0.05, 0) is 45.1 Å². The average molecular weight is 424 g/mol. The molecule has 1 aliphatic carbocycles. The Kier molecular flexibility index (Phi) is 5.50. The first-order valence-electron chi connectivity index (χ1n) is 10.5. The van der Waals surface area contributed by atoms with Gasteiger partial charge >= 0.3 is 6.18 Å². The van der Waals surface area contributed by atoms with Crippen molar-refractivity contribution in [3.8, 4) is 0 Å². The standard InChI is InChI=1S/C21H27F3N4O2/c1-12-13(2)25-19-10-17(15-4-6-16(7-5-15)21(22,23)24)26-28(19)20(12)18-11-27(14(3)29)8-9-30-18/h10,15-16,18H,4-9,11H2,1-3H3. The summed E-state index contributed by atoms with van der Waals surface area (Å²) in [5, 5.41) is 4.76. The number of nitrogens with zero attached hydrogens (tertiary/aromatic N) is 4. The van der Waals surface area contributed by atoms with Crippen molar-refractivity contribution in [3.63, 3.8) is 0 Å². The van der Waals surface area contributed by atoms with Crippen molar-refractivity contribution < 1.29 is 22.7 Å². The predicted octanol–water partition coefficient (Wildman–Crippen LogP) is 4.10. The van der Waals surface area contributed by atoms with Crippen LogP contribution in [-0.4, -0.2) is 51.3 Å². The van der Waals surface area contributed by atoms with Crippen LogP contribution in [0.1, 0.15) is 67.3 Å². The summed E-state index contributed by atoms with van der Waals surface area (Å²) >= 11 is 0. The third kappa shape index (κ3) is 3.91. The normalized spacial score (nSPS) is 25.7. The van der Waals surface area contributed by atoms with Gasteiger partial charge in [0.05, 0.1) is 30.5 Å². The van der Waals surface area contributed by atoms with Crippen molar-refractivity contribution in [2.45, 2.75) is 64.7 Å². The molecule has 2 aromatic heterocycles. The summed E-state index contributed by atoms with van der Waals surface area (Å²) < 4.78 is 46.8. The number of carbonyl (C=O) groups is 1. The lowest BCUT2D eigenvalue weighted by molar-refractivity contribution is -0.182. The molecule has 30 heavy (non-hydrogen) atoms. The Labute approximate surface area is 173 Å². The second-order valence-electron chi connectivity index (χ2n) is 8.46. The second kappa shape index (κ2) is 7.83. The van der Waals surface area contributed by atoms with Crippen LogP contribution in [0.25, 0.3) is 5.65 Å². The van der Waals surface area contributed by atoms with Crippen LogP contribution < -0.4 is 0 Å². The van der Waals surface area contributed by atoms with Crippen LogP contribution in [-0.2, 0) is 9.53 Å². The maximum atomic E-state index is 13.0. The first kappa shape index (κ1) is 21.1. The molecule has 1 amide bonds. The van der Waals surface area contributed by atoms with Crippen LogP contribution in [0.5, 0.6) is 0 Å². The molecule has 9 heteroatoms. The molecule has 1 saturated carbocycles. The molecule has 6 nitrogen and oxygen atoms in total. The molecule has 2 aliphatic rings. The van der Waals surface area contributed by atoms with Crippen molar-refractivity contribution in [1.82, 2.24) is 19.5 Å². The van der Waals surface area contributed by atoms with Gasteiger partial charge in [-0.1, -0.05) is 0 Å².